The van der Waals surface area contributed by atoms with Crippen molar-refractivity contribution in [2.24, 2.45) is 0 Å². The Balaban J connectivity index is 1.88. The third kappa shape index (κ3) is 3.67. The van der Waals surface area contributed by atoms with Gasteiger partial charge in [0.25, 0.3) is 5.91 Å². The van der Waals surface area contributed by atoms with E-state index in [1.54, 1.807) is 12.3 Å². The molecule has 5 heteroatoms. The van der Waals surface area contributed by atoms with E-state index >= 15 is 0 Å². The van der Waals surface area contributed by atoms with Crippen LogP contribution in [0.25, 0.3) is 0 Å². The Kier molecular flexibility index (Phi) is 4.74. The third-order valence-corrected chi connectivity index (χ3v) is 3.20. The van der Waals surface area contributed by atoms with Gasteiger partial charge in [0.1, 0.15) is 5.69 Å². The van der Waals surface area contributed by atoms with Crippen molar-refractivity contribution in [3.8, 4) is 0 Å². The number of hydrogen-bond acceptors (Lipinski definition) is 4. The van der Waals surface area contributed by atoms with Gasteiger partial charge in [-0.3, -0.25) is 9.78 Å². The van der Waals surface area contributed by atoms with E-state index in [0.29, 0.717) is 24.4 Å². The number of nitrogens with one attached hydrogen (secondary N) is 2. The molecule has 104 valence electrons. The lowest BCUT2D eigenvalue weighted by atomic mass is 9.89. The molecule has 0 atom stereocenters. The van der Waals surface area contributed by atoms with Crippen LogP contribution in [-0.2, 0) is 4.74 Å². The SMILES string of the molecule is CCNC(=O)c1cc(NC2CC(OCC)C2)ccn1. The van der Waals surface area contributed by atoms with Crippen LogP contribution in [0.4, 0.5) is 5.69 Å². The van der Waals surface area contributed by atoms with Gasteiger partial charge in [-0.25, -0.2) is 0 Å². The highest BCUT2D eigenvalue weighted by atomic mass is 16.5. The van der Waals surface area contributed by atoms with Gasteiger partial charge in [-0.15, -0.1) is 0 Å². The van der Waals surface area contributed by atoms with E-state index in [9.17, 15) is 4.79 Å². The Hall–Kier alpha value is -1.62. The summed E-state index contributed by atoms with van der Waals surface area (Å²) in [5.41, 5.74) is 1.39. The first-order valence-electron chi connectivity index (χ1n) is 6.85. The summed E-state index contributed by atoms with van der Waals surface area (Å²) in [6, 6.07) is 4.11. The molecule has 0 aromatic carbocycles. The van der Waals surface area contributed by atoms with E-state index in [2.05, 4.69) is 15.6 Å². The second kappa shape index (κ2) is 6.52. The molecule has 1 aromatic rings. The molecule has 1 aliphatic rings. The van der Waals surface area contributed by atoms with E-state index in [4.69, 9.17) is 4.74 Å². The molecule has 2 rings (SSSR count). The molecule has 0 unspecified atom stereocenters. The van der Waals surface area contributed by atoms with E-state index in [0.717, 1.165) is 25.1 Å². The van der Waals surface area contributed by atoms with E-state index in [1.807, 2.05) is 19.9 Å². The number of aromatic nitrogens is 1. The quantitative estimate of drug-likeness (QED) is 0.821. The van der Waals surface area contributed by atoms with Crippen molar-refractivity contribution >= 4 is 11.6 Å². The number of ether oxygens (including phenoxy) is 1. The first kappa shape index (κ1) is 13.8. The molecule has 19 heavy (non-hydrogen) atoms. The predicted molar refractivity (Wildman–Crippen MR) is 74.3 cm³/mol. The van der Waals surface area contributed by atoms with Crippen LogP contribution in [0, 0.1) is 0 Å². The van der Waals surface area contributed by atoms with Crippen molar-refractivity contribution in [2.75, 3.05) is 18.5 Å². The minimum absolute atomic E-state index is 0.132. The monoisotopic (exact) mass is 263 g/mol. The summed E-state index contributed by atoms with van der Waals surface area (Å²) >= 11 is 0. The first-order valence-corrected chi connectivity index (χ1v) is 6.85. The Morgan fingerprint density at radius 1 is 1.47 bits per heavy atom. The second-order valence-corrected chi connectivity index (χ2v) is 4.68. The lowest BCUT2D eigenvalue weighted by Crippen LogP contribution is -2.40. The number of carbonyl (C=O) groups is 1. The summed E-state index contributed by atoms with van der Waals surface area (Å²) in [4.78, 5) is 15.8. The van der Waals surface area contributed by atoms with E-state index < -0.39 is 0 Å². The molecule has 1 aromatic heterocycles. The maximum atomic E-state index is 11.7. The van der Waals surface area contributed by atoms with Crippen LogP contribution in [0.15, 0.2) is 18.3 Å². The number of rotatable bonds is 6. The molecule has 1 amide bonds. The molecular formula is C14H21N3O2. The van der Waals surface area contributed by atoms with Crippen LogP contribution in [0.2, 0.25) is 0 Å². The van der Waals surface area contributed by atoms with Gasteiger partial charge < -0.3 is 15.4 Å². The van der Waals surface area contributed by atoms with Crippen LogP contribution in [0.1, 0.15) is 37.2 Å². The summed E-state index contributed by atoms with van der Waals surface area (Å²) in [5.74, 6) is -0.132. The van der Waals surface area contributed by atoms with Crippen molar-refractivity contribution < 1.29 is 9.53 Å². The molecular weight excluding hydrogens is 242 g/mol. The molecule has 2 N–H and O–H groups in total. The number of carbonyl (C=O) groups excluding carboxylic acids is 1. The highest BCUT2D eigenvalue weighted by Gasteiger charge is 2.29. The summed E-state index contributed by atoms with van der Waals surface area (Å²) in [7, 11) is 0. The smallest absolute Gasteiger partial charge is 0.269 e. The van der Waals surface area contributed by atoms with Gasteiger partial charge in [-0.2, -0.15) is 0 Å². The summed E-state index contributed by atoms with van der Waals surface area (Å²) < 4.78 is 5.52. The van der Waals surface area contributed by atoms with E-state index in [1.165, 1.54) is 0 Å². The molecule has 0 saturated heterocycles. The molecule has 0 radical (unpaired) electrons. The van der Waals surface area contributed by atoms with Crippen LogP contribution in [0.3, 0.4) is 0 Å². The zero-order valence-corrected chi connectivity index (χ0v) is 11.5. The lowest BCUT2D eigenvalue weighted by Gasteiger charge is -2.36. The molecule has 0 spiro atoms. The molecule has 1 saturated carbocycles. The fraction of sp³-hybridized carbons (Fsp3) is 0.571. The molecule has 1 fully saturated rings. The standard InChI is InChI=1S/C14H21N3O2/c1-3-15-14(18)13-9-10(5-6-16-13)17-11-7-12(8-11)19-4-2/h5-6,9,11-12H,3-4,7-8H2,1-2H3,(H,15,18)(H,16,17). The number of anilines is 1. The van der Waals surface area contributed by atoms with Crippen LogP contribution in [-0.4, -0.2) is 36.2 Å². The largest absolute Gasteiger partial charge is 0.382 e. The number of pyridine rings is 1. The van der Waals surface area contributed by atoms with Crippen molar-refractivity contribution in [3.63, 3.8) is 0 Å². The normalized spacial score (nSPS) is 21.6. The summed E-state index contributed by atoms with van der Waals surface area (Å²) in [6.07, 6.45) is 4.08. The number of nitrogens with zero attached hydrogens (tertiary/aromatic N) is 1. The first-order chi connectivity index (χ1) is 9.22. The highest BCUT2D eigenvalue weighted by molar-refractivity contribution is 5.93. The minimum Gasteiger partial charge on any atom is -0.382 e. The van der Waals surface area contributed by atoms with Gasteiger partial charge in [0.05, 0.1) is 6.10 Å². The Morgan fingerprint density at radius 2 is 2.26 bits per heavy atom. The van der Waals surface area contributed by atoms with Gasteiger partial charge in [-0.05, 0) is 38.8 Å². The van der Waals surface area contributed by atoms with Crippen molar-refractivity contribution in [1.82, 2.24) is 10.3 Å². The van der Waals surface area contributed by atoms with Crippen molar-refractivity contribution in [3.05, 3.63) is 24.0 Å². The molecule has 1 heterocycles. The molecule has 0 aliphatic heterocycles. The number of hydrogen-bond donors (Lipinski definition) is 2. The van der Waals surface area contributed by atoms with E-state index in [-0.39, 0.29) is 5.91 Å². The third-order valence-electron chi connectivity index (χ3n) is 3.20. The molecule has 1 aliphatic carbocycles. The Labute approximate surface area is 113 Å². The van der Waals surface area contributed by atoms with Gasteiger partial charge >= 0.3 is 0 Å². The highest BCUT2D eigenvalue weighted by Crippen LogP contribution is 2.26. The number of amides is 1. The lowest BCUT2D eigenvalue weighted by molar-refractivity contribution is 0.00299. The van der Waals surface area contributed by atoms with Crippen molar-refractivity contribution in [1.29, 1.82) is 0 Å². The Morgan fingerprint density at radius 3 is 2.95 bits per heavy atom. The maximum Gasteiger partial charge on any atom is 0.269 e. The average molecular weight is 263 g/mol. The molecule has 0 bridgehead atoms. The fourth-order valence-corrected chi connectivity index (χ4v) is 2.19. The maximum absolute atomic E-state index is 11.7. The van der Waals surface area contributed by atoms with Crippen LogP contribution < -0.4 is 10.6 Å². The topological polar surface area (TPSA) is 63.2 Å². The van der Waals surface area contributed by atoms with Crippen LogP contribution >= 0.6 is 0 Å². The predicted octanol–water partition coefficient (Wildman–Crippen LogP) is 1.81. The summed E-state index contributed by atoms with van der Waals surface area (Å²) in [5, 5.41) is 6.15. The van der Waals surface area contributed by atoms with Gasteiger partial charge in [-0.1, -0.05) is 0 Å². The minimum atomic E-state index is -0.132. The summed E-state index contributed by atoms with van der Waals surface area (Å²) in [6.45, 7) is 5.29. The van der Waals surface area contributed by atoms with Crippen LogP contribution in [0.5, 0.6) is 0 Å². The Bertz CT molecular complexity index is 430. The van der Waals surface area contributed by atoms with Gasteiger partial charge in [0, 0.05) is 31.1 Å². The fourth-order valence-electron chi connectivity index (χ4n) is 2.19. The van der Waals surface area contributed by atoms with Crippen molar-refractivity contribution in [2.45, 2.75) is 38.8 Å². The van der Waals surface area contributed by atoms with Gasteiger partial charge in [0.2, 0.25) is 0 Å². The second-order valence-electron chi connectivity index (χ2n) is 4.68. The zero-order valence-electron chi connectivity index (χ0n) is 11.5. The van der Waals surface area contributed by atoms with Gasteiger partial charge in [0.15, 0.2) is 0 Å². The average Bonchev–Trinajstić information content (AvgIpc) is 2.37. The molecule has 5 nitrogen and oxygen atoms in total. The zero-order chi connectivity index (χ0) is 13.7.